The number of nitrogens with zero attached hydrogens (tertiary/aromatic N) is 1. The fraction of sp³-hybridized carbons (Fsp3) is 0.600. The molecular weight excluding hydrogens is 434 g/mol. The van der Waals surface area contributed by atoms with E-state index in [9.17, 15) is 29.1 Å². The number of amides is 4. The van der Waals surface area contributed by atoms with Crippen LogP contribution < -0.4 is 27.4 Å². The van der Waals surface area contributed by atoms with Crippen molar-refractivity contribution in [2.75, 3.05) is 0 Å². The monoisotopic (exact) mass is 467 g/mol. The molecule has 33 heavy (non-hydrogen) atoms. The maximum Gasteiger partial charge on any atom is 0.326 e. The summed E-state index contributed by atoms with van der Waals surface area (Å²) in [6, 6.07) is -4.70. The maximum absolute atomic E-state index is 12.9. The van der Waals surface area contributed by atoms with Crippen molar-refractivity contribution < 1.29 is 29.1 Å². The second-order valence-corrected chi connectivity index (χ2v) is 8.42. The minimum absolute atomic E-state index is 0.163. The van der Waals surface area contributed by atoms with Gasteiger partial charge in [0.1, 0.15) is 18.1 Å². The lowest BCUT2D eigenvalue weighted by molar-refractivity contribution is -0.143. The summed E-state index contributed by atoms with van der Waals surface area (Å²) in [6.07, 6.45) is 2.58. The van der Waals surface area contributed by atoms with E-state index in [0.29, 0.717) is 5.69 Å². The van der Waals surface area contributed by atoms with Crippen LogP contribution in [0.2, 0.25) is 0 Å². The lowest BCUT2D eigenvalue weighted by Gasteiger charge is -2.27. The highest BCUT2D eigenvalue weighted by molar-refractivity contribution is 5.96. The molecule has 0 aromatic carbocycles. The Balaban J connectivity index is 2.91. The Labute approximate surface area is 191 Å². The molecule has 1 heterocycles. The van der Waals surface area contributed by atoms with Gasteiger partial charge in [-0.25, -0.2) is 9.78 Å². The van der Waals surface area contributed by atoms with Gasteiger partial charge in [0, 0.05) is 18.3 Å². The molecule has 4 atom stereocenters. The average Bonchev–Trinajstić information content (AvgIpc) is 3.20. The number of carbonyl (C=O) groups excluding carboxylic acids is 4. The van der Waals surface area contributed by atoms with Crippen LogP contribution in [0.5, 0.6) is 0 Å². The molecule has 4 amide bonds. The zero-order valence-corrected chi connectivity index (χ0v) is 19.1. The van der Waals surface area contributed by atoms with Crippen molar-refractivity contribution in [3.63, 3.8) is 0 Å². The molecule has 13 nitrogen and oxygen atoms in total. The van der Waals surface area contributed by atoms with Crippen molar-refractivity contribution in [2.45, 2.75) is 64.7 Å². The highest BCUT2D eigenvalue weighted by atomic mass is 16.4. The lowest BCUT2D eigenvalue weighted by Crippen LogP contribution is -2.59. The van der Waals surface area contributed by atoms with Crippen molar-refractivity contribution in [1.29, 1.82) is 0 Å². The second-order valence-electron chi connectivity index (χ2n) is 8.42. The first-order valence-corrected chi connectivity index (χ1v) is 10.5. The molecule has 9 N–H and O–H groups in total. The molecule has 0 saturated heterocycles. The van der Waals surface area contributed by atoms with Crippen LogP contribution in [0.1, 0.15) is 39.8 Å². The molecule has 0 radical (unpaired) electrons. The van der Waals surface area contributed by atoms with Crippen molar-refractivity contribution in [3.05, 3.63) is 18.2 Å². The van der Waals surface area contributed by atoms with E-state index in [4.69, 9.17) is 11.5 Å². The van der Waals surface area contributed by atoms with E-state index in [-0.39, 0.29) is 6.42 Å². The molecule has 0 saturated carbocycles. The quantitative estimate of drug-likeness (QED) is 0.171. The molecular formula is C20H33N7O6. The van der Waals surface area contributed by atoms with Gasteiger partial charge in [0.2, 0.25) is 23.6 Å². The van der Waals surface area contributed by atoms with Crippen LogP contribution in [0.3, 0.4) is 0 Å². The molecule has 1 aromatic heterocycles. The number of carboxylic acids is 1. The van der Waals surface area contributed by atoms with Gasteiger partial charge in [-0.05, 0) is 11.8 Å². The van der Waals surface area contributed by atoms with Gasteiger partial charge in [-0.15, -0.1) is 0 Å². The predicted molar refractivity (Wildman–Crippen MR) is 117 cm³/mol. The lowest BCUT2D eigenvalue weighted by atomic mass is 10.0. The van der Waals surface area contributed by atoms with Crippen LogP contribution in [0, 0.1) is 11.8 Å². The van der Waals surface area contributed by atoms with E-state index < -0.39 is 72.0 Å². The SMILES string of the molecule is CC(C)C(NC(=O)C(CC(N)=O)NC(=O)C(NC(=O)C(N)Cc1cnc[nH]1)C(C)C)C(=O)O. The second kappa shape index (κ2) is 12.5. The Morgan fingerprint density at radius 3 is 2.00 bits per heavy atom. The normalized spacial score (nSPS) is 14.8. The summed E-state index contributed by atoms with van der Waals surface area (Å²) in [5.41, 5.74) is 11.7. The summed E-state index contributed by atoms with van der Waals surface area (Å²) >= 11 is 0. The number of rotatable bonds is 13. The minimum Gasteiger partial charge on any atom is -0.480 e. The highest BCUT2D eigenvalue weighted by Gasteiger charge is 2.33. The summed E-state index contributed by atoms with van der Waals surface area (Å²) < 4.78 is 0. The van der Waals surface area contributed by atoms with Crippen LogP contribution in [-0.4, -0.2) is 68.8 Å². The Morgan fingerprint density at radius 2 is 1.55 bits per heavy atom. The standard InChI is InChI=1S/C20H33N7O6/c1-9(2)15(26-17(29)12(21)5-11-7-23-8-24-11)19(31)25-13(6-14(22)28)18(30)27-16(10(3)4)20(32)33/h7-10,12-13,15-16H,5-6,21H2,1-4H3,(H2,22,28)(H,23,24)(H,25,31)(H,26,29)(H,27,30)(H,32,33). The van der Waals surface area contributed by atoms with Crippen molar-refractivity contribution in [1.82, 2.24) is 25.9 Å². The molecule has 0 aliphatic heterocycles. The molecule has 13 heteroatoms. The number of hydrogen-bond donors (Lipinski definition) is 7. The number of carbonyl (C=O) groups is 5. The largest absolute Gasteiger partial charge is 0.480 e. The van der Waals surface area contributed by atoms with E-state index in [2.05, 4.69) is 25.9 Å². The number of aromatic amines is 1. The first-order chi connectivity index (χ1) is 15.3. The zero-order chi connectivity index (χ0) is 25.3. The van der Waals surface area contributed by atoms with E-state index in [1.807, 2.05) is 0 Å². The molecule has 0 fully saturated rings. The average molecular weight is 468 g/mol. The number of nitrogens with two attached hydrogens (primary N) is 2. The van der Waals surface area contributed by atoms with E-state index in [1.54, 1.807) is 27.7 Å². The fourth-order valence-electron chi connectivity index (χ4n) is 2.96. The summed E-state index contributed by atoms with van der Waals surface area (Å²) in [4.78, 5) is 67.5. The summed E-state index contributed by atoms with van der Waals surface area (Å²) in [6.45, 7) is 6.54. The van der Waals surface area contributed by atoms with Crippen molar-refractivity contribution in [3.8, 4) is 0 Å². The highest BCUT2D eigenvalue weighted by Crippen LogP contribution is 2.07. The molecule has 184 valence electrons. The van der Waals surface area contributed by atoms with Gasteiger partial charge in [0.25, 0.3) is 0 Å². The number of hydrogen-bond acceptors (Lipinski definition) is 7. The van der Waals surface area contributed by atoms with Crippen LogP contribution in [0.25, 0.3) is 0 Å². The first kappa shape index (κ1) is 27.6. The maximum atomic E-state index is 12.9. The van der Waals surface area contributed by atoms with Crippen LogP contribution in [0.15, 0.2) is 12.5 Å². The Hall–Kier alpha value is -3.48. The van der Waals surface area contributed by atoms with Gasteiger partial charge in [0.15, 0.2) is 0 Å². The topological polar surface area (TPSA) is 222 Å². The summed E-state index contributed by atoms with van der Waals surface area (Å²) in [5, 5.41) is 16.5. The molecule has 1 rings (SSSR count). The first-order valence-electron chi connectivity index (χ1n) is 10.5. The van der Waals surface area contributed by atoms with Gasteiger partial charge in [-0.2, -0.15) is 0 Å². The number of aromatic nitrogens is 2. The number of primary amides is 1. The third kappa shape index (κ3) is 8.88. The fourth-order valence-corrected chi connectivity index (χ4v) is 2.96. The van der Waals surface area contributed by atoms with Crippen LogP contribution in [0.4, 0.5) is 0 Å². The molecule has 0 bridgehead atoms. The molecule has 4 unspecified atom stereocenters. The van der Waals surface area contributed by atoms with Gasteiger partial charge in [0.05, 0.1) is 18.8 Å². The van der Waals surface area contributed by atoms with E-state index in [0.717, 1.165) is 0 Å². The zero-order valence-electron chi connectivity index (χ0n) is 19.1. The number of carboxylic acid groups (broad SMARTS) is 1. The molecule has 0 spiro atoms. The predicted octanol–water partition coefficient (Wildman–Crippen LogP) is -1.99. The number of imidazole rings is 1. The Bertz CT molecular complexity index is 840. The van der Waals surface area contributed by atoms with Crippen LogP contribution >= 0.6 is 0 Å². The van der Waals surface area contributed by atoms with E-state index in [1.165, 1.54) is 12.5 Å². The van der Waals surface area contributed by atoms with Gasteiger partial charge in [-0.3, -0.25) is 19.2 Å². The summed E-state index contributed by atoms with van der Waals surface area (Å²) in [5.74, 6) is -5.21. The Morgan fingerprint density at radius 1 is 0.970 bits per heavy atom. The third-order valence-corrected chi connectivity index (χ3v) is 4.85. The molecule has 0 aliphatic carbocycles. The Kier molecular flexibility index (Phi) is 10.5. The van der Waals surface area contributed by atoms with Gasteiger partial charge < -0.3 is 37.5 Å². The minimum atomic E-state index is -1.42. The number of nitrogens with one attached hydrogen (secondary N) is 4. The molecule has 0 aliphatic rings. The summed E-state index contributed by atoms with van der Waals surface area (Å²) in [7, 11) is 0. The van der Waals surface area contributed by atoms with Crippen LogP contribution in [-0.2, 0) is 30.4 Å². The van der Waals surface area contributed by atoms with Gasteiger partial charge >= 0.3 is 5.97 Å². The smallest absolute Gasteiger partial charge is 0.326 e. The van der Waals surface area contributed by atoms with Crippen molar-refractivity contribution >= 4 is 29.6 Å². The third-order valence-electron chi connectivity index (χ3n) is 4.85. The number of aliphatic carboxylic acids is 1. The van der Waals surface area contributed by atoms with Crippen molar-refractivity contribution in [2.24, 2.45) is 23.3 Å². The molecule has 1 aromatic rings. The van der Waals surface area contributed by atoms with Gasteiger partial charge in [-0.1, -0.05) is 27.7 Å². The van der Waals surface area contributed by atoms with E-state index >= 15 is 0 Å². The number of H-pyrrole nitrogens is 1.